The molecule has 4 aromatic carbocycles. The third-order valence-electron chi connectivity index (χ3n) is 5.71. The summed E-state index contributed by atoms with van der Waals surface area (Å²) in [5.74, 6) is 0.127. The lowest BCUT2D eigenvalue weighted by molar-refractivity contribution is -0.137. The van der Waals surface area contributed by atoms with Crippen LogP contribution in [-0.4, -0.2) is 16.1 Å². The minimum atomic E-state index is -4.58. The fourth-order valence-corrected chi connectivity index (χ4v) is 3.90. The molecule has 0 atom stereocenters. The smallest absolute Gasteiger partial charge is 0.416 e. The number of rotatable bonds is 5. The highest BCUT2D eigenvalue weighted by atomic mass is 19.4. The van der Waals surface area contributed by atoms with Crippen molar-refractivity contribution in [2.24, 2.45) is 0 Å². The van der Waals surface area contributed by atoms with Gasteiger partial charge in [0.25, 0.3) is 0 Å². The number of fused-ring (bicyclic) bond motifs is 1. The summed E-state index contributed by atoms with van der Waals surface area (Å²) in [5.41, 5.74) is 1.91. The van der Waals surface area contributed by atoms with Gasteiger partial charge in [-0.25, -0.2) is 9.78 Å². The van der Waals surface area contributed by atoms with Gasteiger partial charge in [-0.15, -0.1) is 0 Å². The van der Waals surface area contributed by atoms with Crippen LogP contribution in [0.1, 0.15) is 15.9 Å². The topological polar surface area (TPSA) is 59.4 Å². The minimum absolute atomic E-state index is 0.0597. The average Bonchev–Trinajstić information content (AvgIpc) is 2.88. The third-order valence-corrected chi connectivity index (χ3v) is 5.71. The van der Waals surface area contributed by atoms with E-state index in [2.05, 4.69) is 4.98 Å². The quantitative estimate of drug-likeness (QED) is 0.273. The maximum Gasteiger partial charge on any atom is 0.416 e. The number of carbonyl (C=O) groups is 1. The molecule has 1 aromatic heterocycles. The van der Waals surface area contributed by atoms with Gasteiger partial charge in [0.2, 0.25) is 0 Å². The number of halogens is 3. The number of hydrogen-bond acceptors (Lipinski definition) is 3. The molecule has 0 aliphatic rings. The van der Waals surface area contributed by atoms with Gasteiger partial charge in [0.05, 0.1) is 22.3 Å². The van der Waals surface area contributed by atoms with E-state index in [9.17, 15) is 23.1 Å². The zero-order valence-corrected chi connectivity index (χ0v) is 18.7. The van der Waals surface area contributed by atoms with Crippen LogP contribution in [0.5, 0.6) is 11.5 Å². The SMILES string of the molecule is O=C(O)c1cc(-c2ccc(-c3ccc(Oc4ccccc4)cc3)cc2)nc2ccc(C(F)(F)F)cc12. The molecule has 0 spiro atoms. The van der Waals surface area contributed by atoms with Crippen LogP contribution >= 0.6 is 0 Å². The van der Waals surface area contributed by atoms with Crippen molar-refractivity contribution in [3.8, 4) is 33.9 Å². The van der Waals surface area contributed by atoms with E-state index in [0.29, 0.717) is 17.0 Å². The molecule has 178 valence electrons. The Bertz CT molecular complexity index is 1550. The number of alkyl halides is 3. The second-order valence-electron chi connectivity index (χ2n) is 8.11. The highest BCUT2D eigenvalue weighted by Gasteiger charge is 2.31. The van der Waals surface area contributed by atoms with Gasteiger partial charge in [-0.1, -0.05) is 54.6 Å². The Morgan fingerprint density at radius 2 is 1.31 bits per heavy atom. The second kappa shape index (κ2) is 9.19. The van der Waals surface area contributed by atoms with Crippen molar-refractivity contribution in [3.05, 3.63) is 114 Å². The Balaban J connectivity index is 1.43. The fourth-order valence-electron chi connectivity index (χ4n) is 3.90. The molecule has 36 heavy (non-hydrogen) atoms. The molecule has 4 nitrogen and oxygen atoms in total. The van der Waals surface area contributed by atoms with E-state index >= 15 is 0 Å². The van der Waals surface area contributed by atoms with E-state index < -0.39 is 17.7 Å². The van der Waals surface area contributed by atoms with Crippen molar-refractivity contribution in [2.45, 2.75) is 6.18 Å². The molecule has 0 radical (unpaired) electrons. The molecular weight excluding hydrogens is 467 g/mol. The fraction of sp³-hybridized carbons (Fsp3) is 0.0345. The molecule has 0 bridgehead atoms. The standard InChI is InChI=1S/C29H18F3NO3/c30-29(31,32)21-12-15-26-24(16-21)25(28(34)35)17-27(33-26)20-8-6-18(7-9-20)19-10-13-23(14-11-19)36-22-4-2-1-3-5-22/h1-17H,(H,34,35). The van der Waals surface area contributed by atoms with E-state index in [0.717, 1.165) is 29.0 Å². The number of ether oxygens (including phenoxy) is 1. The lowest BCUT2D eigenvalue weighted by Crippen LogP contribution is -2.06. The zero-order valence-electron chi connectivity index (χ0n) is 18.7. The molecule has 1 N–H and O–H groups in total. The van der Waals surface area contributed by atoms with Gasteiger partial charge in [0.15, 0.2) is 0 Å². The number of aromatic carboxylic acids is 1. The molecule has 0 aliphatic carbocycles. The molecule has 5 aromatic rings. The van der Waals surface area contributed by atoms with Gasteiger partial charge in [0.1, 0.15) is 11.5 Å². The van der Waals surface area contributed by atoms with Crippen LogP contribution in [0.15, 0.2) is 103 Å². The molecule has 0 saturated heterocycles. The number of carboxylic acids is 1. The van der Waals surface area contributed by atoms with Gasteiger partial charge in [0, 0.05) is 10.9 Å². The van der Waals surface area contributed by atoms with Crippen molar-refractivity contribution in [3.63, 3.8) is 0 Å². The molecule has 0 aliphatic heterocycles. The van der Waals surface area contributed by atoms with Crippen molar-refractivity contribution in [1.82, 2.24) is 4.98 Å². The maximum atomic E-state index is 13.1. The molecule has 0 unspecified atom stereocenters. The summed E-state index contributed by atoms with van der Waals surface area (Å²) in [6.07, 6.45) is -4.58. The Labute approximate surface area is 204 Å². The predicted octanol–water partition coefficient (Wildman–Crippen LogP) is 8.08. The number of carboxylic acid groups (broad SMARTS) is 1. The molecular formula is C29H18F3NO3. The van der Waals surface area contributed by atoms with Crippen molar-refractivity contribution >= 4 is 16.9 Å². The van der Waals surface area contributed by atoms with Gasteiger partial charge in [-0.3, -0.25) is 0 Å². The van der Waals surface area contributed by atoms with Crippen LogP contribution in [0, 0.1) is 0 Å². The van der Waals surface area contributed by atoms with E-state index in [4.69, 9.17) is 4.74 Å². The van der Waals surface area contributed by atoms with E-state index in [1.165, 1.54) is 12.1 Å². The van der Waals surface area contributed by atoms with Crippen molar-refractivity contribution in [1.29, 1.82) is 0 Å². The van der Waals surface area contributed by atoms with Gasteiger partial charge < -0.3 is 9.84 Å². The Morgan fingerprint density at radius 3 is 1.92 bits per heavy atom. The number of aromatic nitrogens is 1. The Morgan fingerprint density at radius 1 is 0.722 bits per heavy atom. The molecule has 0 saturated carbocycles. The summed E-state index contributed by atoms with van der Waals surface area (Å²) in [7, 11) is 0. The first kappa shape index (κ1) is 23.1. The van der Waals surface area contributed by atoms with Crippen LogP contribution in [0.25, 0.3) is 33.3 Å². The van der Waals surface area contributed by atoms with Crippen LogP contribution < -0.4 is 4.74 Å². The second-order valence-corrected chi connectivity index (χ2v) is 8.11. The summed E-state index contributed by atoms with van der Waals surface area (Å²) in [4.78, 5) is 16.2. The summed E-state index contributed by atoms with van der Waals surface area (Å²) < 4.78 is 45.2. The average molecular weight is 485 g/mol. The summed E-state index contributed by atoms with van der Waals surface area (Å²) >= 11 is 0. The number of pyridine rings is 1. The summed E-state index contributed by atoms with van der Waals surface area (Å²) in [5, 5.41) is 9.58. The molecule has 1 heterocycles. The highest BCUT2D eigenvalue weighted by molar-refractivity contribution is 6.04. The third kappa shape index (κ3) is 4.77. The maximum absolute atomic E-state index is 13.1. The largest absolute Gasteiger partial charge is 0.478 e. The zero-order chi connectivity index (χ0) is 25.3. The predicted molar refractivity (Wildman–Crippen MR) is 131 cm³/mol. The van der Waals surface area contributed by atoms with Crippen LogP contribution in [0.2, 0.25) is 0 Å². The minimum Gasteiger partial charge on any atom is -0.478 e. The molecule has 0 fully saturated rings. The van der Waals surface area contributed by atoms with Crippen molar-refractivity contribution in [2.75, 3.05) is 0 Å². The number of para-hydroxylation sites is 1. The normalized spacial score (nSPS) is 11.4. The van der Waals surface area contributed by atoms with Crippen LogP contribution in [0.4, 0.5) is 13.2 Å². The Hall–Kier alpha value is -4.65. The van der Waals surface area contributed by atoms with E-state index in [1.807, 2.05) is 66.7 Å². The highest BCUT2D eigenvalue weighted by Crippen LogP contribution is 2.34. The number of hydrogen-bond donors (Lipinski definition) is 1. The number of nitrogens with zero attached hydrogens (tertiary/aromatic N) is 1. The first-order chi connectivity index (χ1) is 17.3. The first-order valence-electron chi connectivity index (χ1n) is 11.0. The molecule has 7 heteroatoms. The van der Waals surface area contributed by atoms with E-state index in [1.54, 1.807) is 12.1 Å². The number of benzene rings is 4. The van der Waals surface area contributed by atoms with Gasteiger partial charge in [-0.05, 0) is 59.7 Å². The molecule has 0 amide bonds. The first-order valence-corrected chi connectivity index (χ1v) is 11.0. The van der Waals surface area contributed by atoms with E-state index in [-0.39, 0.29) is 16.5 Å². The van der Waals surface area contributed by atoms with Gasteiger partial charge in [-0.2, -0.15) is 13.2 Å². The van der Waals surface area contributed by atoms with Gasteiger partial charge >= 0.3 is 12.1 Å². The summed E-state index contributed by atoms with van der Waals surface area (Å²) in [6.45, 7) is 0. The van der Waals surface area contributed by atoms with Crippen LogP contribution in [-0.2, 0) is 6.18 Å². The monoisotopic (exact) mass is 485 g/mol. The van der Waals surface area contributed by atoms with Crippen LogP contribution in [0.3, 0.4) is 0 Å². The lowest BCUT2D eigenvalue weighted by atomic mass is 10.00. The van der Waals surface area contributed by atoms with Crippen molar-refractivity contribution < 1.29 is 27.8 Å². The summed E-state index contributed by atoms with van der Waals surface area (Å²) in [6, 6.07) is 28.6. The Kier molecular flexibility index (Phi) is 5.90. The molecule has 5 rings (SSSR count). The lowest BCUT2D eigenvalue weighted by Gasteiger charge is -2.11.